The Balaban J connectivity index is 1.93. The number of rotatable bonds is 3. The zero-order valence-electron chi connectivity index (χ0n) is 12.0. The largest absolute Gasteiger partial charge is 0.142 e. The van der Waals surface area contributed by atoms with Crippen molar-refractivity contribution < 1.29 is 0 Å². The number of thiol groups is 2. The summed E-state index contributed by atoms with van der Waals surface area (Å²) in [7, 11) is 0. The van der Waals surface area contributed by atoms with E-state index in [0.29, 0.717) is 0 Å². The van der Waals surface area contributed by atoms with Gasteiger partial charge in [-0.15, -0.1) is 25.3 Å². The fraction of sp³-hybridized carbons (Fsp3) is 0. The maximum absolute atomic E-state index is 4.65. The molecule has 0 nitrogen and oxygen atoms in total. The molecule has 0 aliphatic rings. The van der Waals surface area contributed by atoms with Crippen molar-refractivity contribution in [2.45, 2.75) is 0 Å². The molecule has 0 fully saturated rings. The summed E-state index contributed by atoms with van der Waals surface area (Å²) in [6.07, 6.45) is 0. The van der Waals surface area contributed by atoms with E-state index in [1.165, 1.54) is 11.1 Å². The molecular formula is C20H16S2. The average Bonchev–Trinajstić information content (AvgIpc) is 2.62. The van der Waals surface area contributed by atoms with Crippen LogP contribution in [0, 0.1) is 0 Å². The van der Waals surface area contributed by atoms with Gasteiger partial charge in [-0.3, -0.25) is 0 Å². The quantitative estimate of drug-likeness (QED) is 0.426. The molecule has 0 atom stereocenters. The van der Waals surface area contributed by atoms with Gasteiger partial charge in [-0.1, -0.05) is 84.9 Å². The summed E-state index contributed by atoms with van der Waals surface area (Å²) >= 11 is 9.28. The van der Waals surface area contributed by atoms with E-state index in [0.717, 1.165) is 20.9 Å². The summed E-state index contributed by atoms with van der Waals surface area (Å²) in [4.78, 5) is 1.77. The van der Waals surface area contributed by atoms with Crippen LogP contribution in [-0.4, -0.2) is 0 Å². The molecule has 3 rings (SSSR count). The molecule has 0 aliphatic heterocycles. The predicted octanol–water partition coefficient (Wildman–Crippen LogP) is 6.04. The van der Waals surface area contributed by atoms with Gasteiger partial charge in [0.15, 0.2) is 0 Å². The lowest BCUT2D eigenvalue weighted by atomic mass is 10.0. The first kappa shape index (κ1) is 15.0. The van der Waals surface area contributed by atoms with Gasteiger partial charge in [0.25, 0.3) is 0 Å². The van der Waals surface area contributed by atoms with Gasteiger partial charge in [0.2, 0.25) is 0 Å². The fourth-order valence-electron chi connectivity index (χ4n) is 2.32. The van der Waals surface area contributed by atoms with Gasteiger partial charge in [0, 0.05) is 9.81 Å². The minimum Gasteiger partial charge on any atom is -0.142 e. The minimum atomic E-state index is 0.883. The van der Waals surface area contributed by atoms with Crippen LogP contribution in [0.1, 0.15) is 11.1 Å². The molecule has 108 valence electrons. The maximum Gasteiger partial charge on any atom is 0.0253 e. The van der Waals surface area contributed by atoms with E-state index in [9.17, 15) is 0 Å². The molecule has 0 radical (unpaired) electrons. The zero-order valence-corrected chi connectivity index (χ0v) is 13.8. The molecule has 2 heteroatoms. The first-order valence-corrected chi connectivity index (χ1v) is 7.98. The summed E-state index contributed by atoms with van der Waals surface area (Å²) in [5.41, 5.74) is 4.55. The van der Waals surface area contributed by atoms with E-state index >= 15 is 0 Å². The van der Waals surface area contributed by atoms with Crippen LogP contribution in [0.15, 0.2) is 84.9 Å². The van der Waals surface area contributed by atoms with Crippen LogP contribution < -0.4 is 0 Å². The Hall–Kier alpha value is -1.90. The first-order chi connectivity index (χ1) is 10.8. The van der Waals surface area contributed by atoms with Crippen LogP contribution in [0.3, 0.4) is 0 Å². The lowest BCUT2D eigenvalue weighted by molar-refractivity contribution is 1.59. The third kappa shape index (κ3) is 3.29. The molecule has 0 aromatic heterocycles. The molecule has 3 aromatic rings. The fourth-order valence-corrected chi connectivity index (χ4v) is 2.88. The van der Waals surface area contributed by atoms with Gasteiger partial charge >= 0.3 is 0 Å². The minimum absolute atomic E-state index is 0.883. The van der Waals surface area contributed by atoms with E-state index in [1.807, 2.05) is 36.4 Å². The number of hydrogen-bond acceptors (Lipinski definition) is 2. The van der Waals surface area contributed by atoms with Crippen LogP contribution >= 0.6 is 25.3 Å². The average molecular weight is 320 g/mol. The Morgan fingerprint density at radius 1 is 0.455 bits per heavy atom. The first-order valence-electron chi connectivity index (χ1n) is 7.09. The molecule has 0 aliphatic carbocycles. The van der Waals surface area contributed by atoms with Gasteiger partial charge in [-0.05, 0) is 22.3 Å². The topological polar surface area (TPSA) is 0 Å². The predicted molar refractivity (Wildman–Crippen MR) is 103 cm³/mol. The molecule has 0 heterocycles. The standard InChI is InChI=1S/C20H16S2/c21-19(17-9-5-2-6-10-17)20(22)18-13-11-16(12-14-18)15-7-3-1-4-8-15/h1-14,21-22H. The van der Waals surface area contributed by atoms with E-state index in [2.05, 4.69) is 73.8 Å². The SMILES string of the molecule is SC(=C(S)c1ccc(-c2ccccc2)cc1)c1ccccc1. The van der Waals surface area contributed by atoms with E-state index in [1.54, 1.807) is 0 Å². The Morgan fingerprint density at radius 2 is 0.864 bits per heavy atom. The van der Waals surface area contributed by atoms with Crippen LogP contribution in [-0.2, 0) is 0 Å². The van der Waals surface area contributed by atoms with Gasteiger partial charge < -0.3 is 0 Å². The molecule has 0 N–H and O–H groups in total. The highest BCUT2D eigenvalue weighted by Crippen LogP contribution is 2.32. The Bertz CT molecular complexity index is 773. The van der Waals surface area contributed by atoms with Crippen LogP contribution in [0.4, 0.5) is 0 Å². The maximum atomic E-state index is 4.65. The van der Waals surface area contributed by atoms with Crippen molar-refractivity contribution in [1.82, 2.24) is 0 Å². The van der Waals surface area contributed by atoms with Crippen molar-refractivity contribution >= 4 is 35.1 Å². The summed E-state index contributed by atoms with van der Waals surface area (Å²) in [5, 5.41) is 0. The van der Waals surface area contributed by atoms with Crippen molar-refractivity contribution in [1.29, 1.82) is 0 Å². The Kier molecular flexibility index (Phi) is 4.71. The van der Waals surface area contributed by atoms with Crippen molar-refractivity contribution in [3.05, 3.63) is 96.1 Å². The van der Waals surface area contributed by atoms with Crippen LogP contribution in [0.5, 0.6) is 0 Å². The third-order valence-electron chi connectivity index (χ3n) is 3.54. The zero-order chi connectivity index (χ0) is 15.4. The highest BCUT2D eigenvalue weighted by atomic mass is 32.1. The summed E-state index contributed by atoms with van der Waals surface area (Å²) in [6.45, 7) is 0. The lowest BCUT2D eigenvalue weighted by Crippen LogP contribution is -1.84. The molecule has 0 saturated heterocycles. The number of benzene rings is 3. The molecule has 0 unspecified atom stereocenters. The molecule has 0 bridgehead atoms. The molecule has 22 heavy (non-hydrogen) atoms. The van der Waals surface area contributed by atoms with Gasteiger partial charge in [-0.2, -0.15) is 0 Å². The molecular weight excluding hydrogens is 304 g/mol. The van der Waals surface area contributed by atoms with Gasteiger partial charge in [0.1, 0.15) is 0 Å². The van der Waals surface area contributed by atoms with E-state index in [4.69, 9.17) is 0 Å². The van der Waals surface area contributed by atoms with Gasteiger partial charge in [0.05, 0.1) is 0 Å². The van der Waals surface area contributed by atoms with Crippen molar-refractivity contribution in [3.8, 4) is 11.1 Å². The summed E-state index contributed by atoms with van der Waals surface area (Å²) in [5.74, 6) is 0. The Morgan fingerprint density at radius 3 is 1.41 bits per heavy atom. The molecule has 0 spiro atoms. The van der Waals surface area contributed by atoms with Gasteiger partial charge in [-0.25, -0.2) is 0 Å². The third-order valence-corrected chi connectivity index (χ3v) is 4.68. The lowest BCUT2D eigenvalue weighted by Gasteiger charge is -2.08. The summed E-state index contributed by atoms with van der Waals surface area (Å²) in [6, 6.07) is 28.8. The molecule has 0 saturated carbocycles. The summed E-state index contributed by atoms with van der Waals surface area (Å²) < 4.78 is 0. The molecule has 3 aromatic carbocycles. The van der Waals surface area contributed by atoms with Crippen molar-refractivity contribution in [2.24, 2.45) is 0 Å². The van der Waals surface area contributed by atoms with Crippen LogP contribution in [0.2, 0.25) is 0 Å². The highest BCUT2D eigenvalue weighted by molar-refractivity contribution is 7.96. The second-order valence-electron chi connectivity index (χ2n) is 5.01. The smallest absolute Gasteiger partial charge is 0.0253 e. The Labute approximate surface area is 142 Å². The second-order valence-corrected chi connectivity index (χ2v) is 5.90. The number of hydrogen-bond donors (Lipinski definition) is 2. The monoisotopic (exact) mass is 320 g/mol. The van der Waals surface area contributed by atoms with Crippen LogP contribution in [0.25, 0.3) is 20.9 Å². The van der Waals surface area contributed by atoms with E-state index in [-0.39, 0.29) is 0 Å². The van der Waals surface area contributed by atoms with Crippen molar-refractivity contribution in [3.63, 3.8) is 0 Å². The molecule has 0 amide bonds. The highest BCUT2D eigenvalue weighted by Gasteiger charge is 2.05. The van der Waals surface area contributed by atoms with Crippen molar-refractivity contribution in [2.75, 3.05) is 0 Å². The second kappa shape index (κ2) is 6.91. The normalized spacial score (nSPS) is 11.9. The van der Waals surface area contributed by atoms with E-state index < -0.39 is 0 Å².